The lowest BCUT2D eigenvalue weighted by atomic mass is 10.1. The van der Waals surface area contributed by atoms with E-state index >= 15 is 0 Å². The van der Waals surface area contributed by atoms with E-state index in [2.05, 4.69) is 34.3 Å². The van der Waals surface area contributed by atoms with E-state index in [1.807, 2.05) is 19.1 Å². The van der Waals surface area contributed by atoms with Crippen LogP contribution in [0.5, 0.6) is 5.75 Å². The van der Waals surface area contributed by atoms with Crippen LogP contribution < -0.4 is 10.1 Å². The van der Waals surface area contributed by atoms with Crippen molar-refractivity contribution in [3.05, 3.63) is 89.5 Å². The third-order valence-electron chi connectivity index (χ3n) is 3.99. The zero-order chi connectivity index (χ0) is 20.9. The summed E-state index contributed by atoms with van der Waals surface area (Å²) in [6.45, 7) is 2.04. The lowest BCUT2D eigenvalue weighted by molar-refractivity contribution is -0.274. The molecule has 1 amide bonds. The quantitative estimate of drug-likeness (QED) is 0.469. The standard InChI is InChI=1S/C22H18F3NO2S/c1-15-2-12-20(13-3-15)29-14-16-4-6-17(7-5-16)21(27)26-18-8-10-19(11-9-18)28-22(23,24)25/h2-13H,14H2,1H3,(H,26,27). The number of anilines is 1. The van der Waals surface area contributed by atoms with Crippen LogP contribution in [0.15, 0.2) is 77.7 Å². The van der Waals surface area contributed by atoms with Gasteiger partial charge in [-0.25, -0.2) is 0 Å². The second-order valence-corrected chi connectivity index (χ2v) is 7.37. The Morgan fingerprint density at radius 3 is 2.14 bits per heavy atom. The van der Waals surface area contributed by atoms with E-state index in [1.54, 1.807) is 23.9 Å². The molecule has 0 unspecified atom stereocenters. The molecule has 0 aliphatic carbocycles. The smallest absolute Gasteiger partial charge is 0.406 e. The molecule has 0 aliphatic heterocycles. The van der Waals surface area contributed by atoms with E-state index in [-0.39, 0.29) is 11.7 Å². The summed E-state index contributed by atoms with van der Waals surface area (Å²) >= 11 is 1.71. The summed E-state index contributed by atoms with van der Waals surface area (Å²) in [4.78, 5) is 13.5. The lowest BCUT2D eigenvalue weighted by Gasteiger charge is -2.10. The zero-order valence-corrected chi connectivity index (χ0v) is 16.3. The van der Waals surface area contributed by atoms with Gasteiger partial charge in [-0.2, -0.15) is 0 Å². The largest absolute Gasteiger partial charge is 0.573 e. The summed E-state index contributed by atoms with van der Waals surface area (Å²) in [6, 6.07) is 20.5. The average Bonchev–Trinajstić information content (AvgIpc) is 2.68. The molecule has 3 rings (SSSR count). The van der Waals surface area contributed by atoms with Crippen LogP contribution in [0.4, 0.5) is 18.9 Å². The first-order chi connectivity index (χ1) is 13.8. The normalized spacial score (nSPS) is 11.2. The molecule has 150 valence electrons. The molecule has 0 fully saturated rings. The van der Waals surface area contributed by atoms with Gasteiger partial charge in [-0.15, -0.1) is 24.9 Å². The van der Waals surface area contributed by atoms with Crippen molar-refractivity contribution in [2.24, 2.45) is 0 Å². The van der Waals surface area contributed by atoms with Crippen molar-refractivity contribution >= 4 is 23.4 Å². The van der Waals surface area contributed by atoms with Gasteiger partial charge in [0.1, 0.15) is 5.75 Å². The molecule has 0 aromatic heterocycles. The number of aryl methyl sites for hydroxylation is 1. The maximum Gasteiger partial charge on any atom is 0.573 e. The van der Waals surface area contributed by atoms with Crippen molar-refractivity contribution < 1.29 is 22.7 Å². The average molecular weight is 417 g/mol. The predicted molar refractivity (Wildman–Crippen MR) is 108 cm³/mol. The second kappa shape index (κ2) is 9.05. The van der Waals surface area contributed by atoms with Crippen molar-refractivity contribution in [1.29, 1.82) is 0 Å². The number of benzene rings is 3. The number of carbonyl (C=O) groups is 1. The van der Waals surface area contributed by atoms with Gasteiger partial charge in [-0.3, -0.25) is 4.79 Å². The van der Waals surface area contributed by atoms with Crippen molar-refractivity contribution in [1.82, 2.24) is 0 Å². The Kier molecular flexibility index (Phi) is 6.49. The van der Waals surface area contributed by atoms with Crippen molar-refractivity contribution in [3.8, 4) is 5.75 Å². The third-order valence-corrected chi connectivity index (χ3v) is 5.07. The predicted octanol–water partition coefficient (Wildman–Crippen LogP) is 6.44. The first-order valence-electron chi connectivity index (χ1n) is 8.74. The summed E-state index contributed by atoms with van der Waals surface area (Å²) in [5.41, 5.74) is 3.14. The molecule has 0 heterocycles. The molecule has 3 aromatic rings. The van der Waals surface area contributed by atoms with Crippen LogP contribution in [-0.4, -0.2) is 12.3 Å². The number of hydrogen-bond acceptors (Lipinski definition) is 3. The number of ether oxygens (including phenoxy) is 1. The first-order valence-corrected chi connectivity index (χ1v) is 9.73. The van der Waals surface area contributed by atoms with Crippen LogP contribution in [-0.2, 0) is 5.75 Å². The minimum atomic E-state index is -4.75. The summed E-state index contributed by atoms with van der Waals surface area (Å²) in [5, 5.41) is 2.65. The molecule has 3 nitrogen and oxygen atoms in total. The Labute approximate surface area is 170 Å². The van der Waals surface area contributed by atoms with Crippen molar-refractivity contribution in [2.75, 3.05) is 5.32 Å². The summed E-state index contributed by atoms with van der Waals surface area (Å²) < 4.78 is 40.3. The van der Waals surface area contributed by atoms with Gasteiger partial charge in [0, 0.05) is 21.9 Å². The van der Waals surface area contributed by atoms with E-state index in [9.17, 15) is 18.0 Å². The molecule has 0 spiro atoms. The van der Waals surface area contributed by atoms with Gasteiger partial charge in [-0.05, 0) is 61.0 Å². The molecule has 3 aromatic carbocycles. The minimum Gasteiger partial charge on any atom is -0.406 e. The number of thioether (sulfide) groups is 1. The highest BCUT2D eigenvalue weighted by molar-refractivity contribution is 7.98. The molecule has 0 saturated carbocycles. The van der Waals surface area contributed by atoms with Gasteiger partial charge in [0.25, 0.3) is 5.91 Å². The fourth-order valence-corrected chi connectivity index (χ4v) is 3.35. The van der Waals surface area contributed by atoms with Gasteiger partial charge < -0.3 is 10.1 Å². The molecule has 1 N–H and O–H groups in total. The Hall–Kier alpha value is -2.93. The van der Waals surface area contributed by atoms with Gasteiger partial charge in [0.15, 0.2) is 0 Å². The second-order valence-electron chi connectivity index (χ2n) is 6.32. The maximum atomic E-state index is 12.3. The number of nitrogens with one attached hydrogen (secondary N) is 1. The van der Waals surface area contributed by atoms with E-state index in [4.69, 9.17) is 0 Å². The summed E-state index contributed by atoms with van der Waals surface area (Å²) in [5.74, 6) is 0.101. The molecule has 0 aliphatic rings. The number of rotatable bonds is 6. The fourth-order valence-electron chi connectivity index (χ4n) is 2.50. The van der Waals surface area contributed by atoms with Gasteiger partial charge in [0.2, 0.25) is 0 Å². The highest BCUT2D eigenvalue weighted by Gasteiger charge is 2.30. The van der Waals surface area contributed by atoms with Gasteiger partial charge in [-0.1, -0.05) is 29.8 Å². The monoisotopic (exact) mass is 417 g/mol. The Morgan fingerprint density at radius 1 is 0.931 bits per heavy atom. The van der Waals surface area contributed by atoms with E-state index in [0.29, 0.717) is 11.3 Å². The highest BCUT2D eigenvalue weighted by atomic mass is 32.2. The summed E-state index contributed by atoms with van der Waals surface area (Å²) in [6.07, 6.45) is -4.75. The molecular formula is C22H18F3NO2S. The minimum absolute atomic E-state index is 0.341. The van der Waals surface area contributed by atoms with E-state index < -0.39 is 6.36 Å². The number of amides is 1. The van der Waals surface area contributed by atoms with Crippen LogP contribution in [0.2, 0.25) is 0 Å². The number of hydrogen-bond donors (Lipinski definition) is 1. The summed E-state index contributed by atoms with van der Waals surface area (Å²) in [7, 11) is 0. The van der Waals surface area contributed by atoms with Crippen LogP contribution >= 0.6 is 11.8 Å². The van der Waals surface area contributed by atoms with Crippen LogP contribution in [0, 0.1) is 6.92 Å². The zero-order valence-electron chi connectivity index (χ0n) is 15.5. The van der Waals surface area contributed by atoms with E-state index in [1.165, 1.54) is 22.6 Å². The van der Waals surface area contributed by atoms with Gasteiger partial charge >= 0.3 is 6.36 Å². The SMILES string of the molecule is Cc1ccc(SCc2ccc(C(=O)Nc3ccc(OC(F)(F)F)cc3)cc2)cc1. The van der Waals surface area contributed by atoms with Crippen LogP contribution in [0.1, 0.15) is 21.5 Å². The molecular weight excluding hydrogens is 399 g/mol. The highest BCUT2D eigenvalue weighted by Crippen LogP contribution is 2.25. The Balaban J connectivity index is 1.55. The Morgan fingerprint density at radius 2 is 1.55 bits per heavy atom. The molecule has 29 heavy (non-hydrogen) atoms. The molecule has 0 radical (unpaired) electrons. The first kappa shape index (κ1) is 20.8. The van der Waals surface area contributed by atoms with Crippen molar-refractivity contribution in [3.63, 3.8) is 0 Å². The van der Waals surface area contributed by atoms with Gasteiger partial charge in [0.05, 0.1) is 0 Å². The van der Waals surface area contributed by atoms with Crippen LogP contribution in [0.3, 0.4) is 0 Å². The number of alkyl halides is 3. The van der Waals surface area contributed by atoms with Crippen molar-refractivity contribution in [2.45, 2.75) is 23.9 Å². The maximum absolute atomic E-state index is 12.3. The fraction of sp³-hybridized carbons (Fsp3) is 0.136. The van der Waals surface area contributed by atoms with Crippen LogP contribution in [0.25, 0.3) is 0 Å². The Bertz CT molecular complexity index is 953. The lowest BCUT2D eigenvalue weighted by Crippen LogP contribution is -2.17. The topological polar surface area (TPSA) is 38.3 Å². The molecule has 0 bridgehead atoms. The number of carbonyl (C=O) groups excluding carboxylic acids is 1. The number of halogens is 3. The third kappa shape index (κ3) is 6.57. The molecule has 0 atom stereocenters. The molecule has 7 heteroatoms. The van der Waals surface area contributed by atoms with E-state index in [0.717, 1.165) is 23.4 Å². The molecule has 0 saturated heterocycles.